The molecule has 9 aliphatic carbocycles. The molecule has 0 aliphatic heterocycles. The Morgan fingerprint density at radius 2 is 1.14 bits per heavy atom. The van der Waals surface area contributed by atoms with E-state index in [0.29, 0.717) is 53.8 Å². The Morgan fingerprint density at radius 1 is 0.640 bits per heavy atom. The highest BCUT2D eigenvalue weighted by molar-refractivity contribution is 6.05. The van der Waals surface area contributed by atoms with E-state index in [1.54, 1.807) is 11.6 Å². The summed E-state index contributed by atoms with van der Waals surface area (Å²) in [6.07, 6.45) is 13.4. The van der Waals surface area contributed by atoms with Gasteiger partial charge < -0.3 is 19.3 Å². The van der Waals surface area contributed by atoms with E-state index in [4.69, 9.17) is 14.2 Å². The Balaban J connectivity index is 0.000000130. The van der Waals surface area contributed by atoms with Crippen LogP contribution in [0.5, 0.6) is 0 Å². The van der Waals surface area contributed by atoms with Gasteiger partial charge in [-0.15, -0.1) is 0 Å². The minimum atomic E-state index is -0.765. The van der Waals surface area contributed by atoms with Gasteiger partial charge in [-0.3, -0.25) is 14.2 Å². The molecule has 272 valence electrons. The van der Waals surface area contributed by atoms with E-state index in [2.05, 4.69) is 10.2 Å². The molecule has 2 heterocycles. The lowest BCUT2D eigenvalue weighted by molar-refractivity contribution is -0.142. The van der Waals surface area contributed by atoms with E-state index in [1.165, 1.54) is 68.2 Å². The summed E-state index contributed by atoms with van der Waals surface area (Å²) < 4.78 is 18.6. The number of aliphatic hydroxyl groups excluding tert-OH is 1. The molecule has 0 spiro atoms. The van der Waals surface area contributed by atoms with E-state index in [-0.39, 0.29) is 36.2 Å². The molecule has 0 unspecified atom stereocenters. The Bertz CT molecular complexity index is 1640. The minimum Gasteiger partial charge on any atom is -0.502 e. The zero-order valence-corrected chi connectivity index (χ0v) is 30.2. The summed E-state index contributed by atoms with van der Waals surface area (Å²) in [5.74, 6) is 0.575. The molecular formula is C38H52N4O8. The number of hydrogen-bond donors (Lipinski definition) is 1. The van der Waals surface area contributed by atoms with Crippen molar-refractivity contribution in [3.63, 3.8) is 0 Å². The standard InChI is InChI=1S/2C13H18N2O2.C12H16O4/c1-3-17-13(16)11-10-8-4-6-9(7-5-8)12(10)15(2)14-11;1-3-17-13(16)12-10-8-4-6-9(7-5-8)11(10)14-15(12)2;1-2-16-12(15)11(14)9-7-3-5-8(6-4-7)10(9)13/h2*8-9H,3-7H2,1-2H3;7-8,14H,2-6H2,1H3/b;;11-9-. The molecule has 2 aromatic rings. The number of Topliss-reactive ketones (excluding diaryl/α,β-unsaturated/α-hetero) is 1. The second-order valence-corrected chi connectivity index (χ2v) is 14.5. The molecule has 12 heteroatoms. The van der Waals surface area contributed by atoms with Crippen LogP contribution in [0.3, 0.4) is 0 Å². The van der Waals surface area contributed by atoms with Gasteiger partial charge in [0.2, 0.25) is 5.76 Å². The maximum absolute atomic E-state index is 12.0. The summed E-state index contributed by atoms with van der Waals surface area (Å²) in [4.78, 5) is 47.2. The fraction of sp³-hybridized carbons (Fsp3) is 0.684. The van der Waals surface area contributed by atoms with Crippen LogP contribution in [0.25, 0.3) is 0 Å². The first-order valence-electron chi connectivity index (χ1n) is 18.7. The summed E-state index contributed by atoms with van der Waals surface area (Å²) in [5, 5.41) is 18.7. The van der Waals surface area contributed by atoms with Gasteiger partial charge in [0.15, 0.2) is 11.5 Å². The van der Waals surface area contributed by atoms with Crippen molar-refractivity contribution in [3.8, 4) is 0 Å². The maximum atomic E-state index is 12.0. The highest BCUT2D eigenvalue weighted by Gasteiger charge is 2.43. The van der Waals surface area contributed by atoms with Gasteiger partial charge in [0, 0.05) is 54.2 Å². The summed E-state index contributed by atoms with van der Waals surface area (Å²) in [6.45, 7) is 6.39. The number of rotatable bonds is 6. The van der Waals surface area contributed by atoms with Crippen LogP contribution in [-0.4, -0.2) is 68.2 Å². The van der Waals surface area contributed by atoms with Gasteiger partial charge in [-0.1, -0.05) is 0 Å². The molecule has 0 amide bonds. The summed E-state index contributed by atoms with van der Waals surface area (Å²) >= 11 is 0. The normalized spacial score (nSPS) is 27.6. The average molecular weight is 693 g/mol. The van der Waals surface area contributed by atoms with Crippen LogP contribution >= 0.6 is 0 Å². The van der Waals surface area contributed by atoms with Gasteiger partial charge in [0.05, 0.1) is 25.5 Å². The van der Waals surface area contributed by atoms with Crippen molar-refractivity contribution >= 4 is 23.7 Å². The third-order valence-electron chi connectivity index (χ3n) is 11.7. The van der Waals surface area contributed by atoms with Crippen LogP contribution in [0.1, 0.15) is 165 Å². The van der Waals surface area contributed by atoms with Crippen molar-refractivity contribution < 1.29 is 38.5 Å². The molecule has 6 bridgehead atoms. The van der Waals surface area contributed by atoms with Crippen molar-refractivity contribution in [1.82, 2.24) is 19.6 Å². The topological polar surface area (TPSA) is 152 Å². The van der Waals surface area contributed by atoms with Gasteiger partial charge in [0.25, 0.3) is 0 Å². The number of ether oxygens (including phenoxy) is 3. The zero-order chi connectivity index (χ0) is 35.7. The Morgan fingerprint density at radius 3 is 1.72 bits per heavy atom. The van der Waals surface area contributed by atoms with Crippen LogP contribution < -0.4 is 0 Å². The fourth-order valence-electron chi connectivity index (χ4n) is 9.49. The maximum Gasteiger partial charge on any atom is 0.373 e. The zero-order valence-electron chi connectivity index (χ0n) is 30.2. The molecule has 2 aromatic heterocycles. The Kier molecular flexibility index (Phi) is 10.8. The number of nitrogens with zero attached hydrogens (tertiary/aromatic N) is 4. The molecule has 1 N–H and O–H groups in total. The second kappa shape index (κ2) is 15.1. The predicted octanol–water partition coefficient (Wildman–Crippen LogP) is 6.45. The SMILES string of the molecule is CCOC(=O)/C(O)=C1/C(=O)C2CCC1CC2.CCOC(=O)c1c2c(nn1C)C1CCC2CC1.CCOC(=O)c1nn(C)c2c1C1CCC2CC1. The predicted molar refractivity (Wildman–Crippen MR) is 183 cm³/mol. The molecule has 0 saturated heterocycles. The van der Waals surface area contributed by atoms with Gasteiger partial charge in [0.1, 0.15) is 5.69 Å². The van der Waals surface area contributed by atoms with Crippen LogP contribution in [0.4, 0.5) is 0 Å². The number of aromatic nitrogens is 4. The average Bonchev–Trinajstić information content (AvgIpc) is 3.70. The van der Waals surface area contributed by atoms with Gasteiger partial charge in [-0.05, 0) is 116 Å². The molecular weight excluding hydrogens is 640 g/mol. The molecule has 9 aliphatic rings. The van der Waals surface area contributed by atoms with Gasteiger partial charge in [-0.25, -0.2) is 14.4 Å². The van der Waals surface area contributed by atoms with Crippen LogP contribution in [0.2, 0.25) is 0 Å². The molecule has 12 nitrogen and oxygen atoms in total. The number of hydrogen-bond acceptors (Lipinski definition) is 10. The highest BCUT2D eigenvalue weighted by Crippen LogP contribution is 2.51. The fourth-order valence-corrected chi connectivity index (χ4v) is 9.49. The molecule has 11 rings (SSSR count). The molecule has 0 aromatic carbocycles. The smallest absolute Gasteiger partial charge is 0.373 e. The van der Waals surface area contributed by atoms with E-state index >= 15 is 0 Å². The van der Waals surface area contributed by atoms with Crippen molar-refractivity contribution in [3.05, 3.63) is 45.2 Å². The van der Waals surface area contributed by atoms with Crippen molar-refractivity contribution in [2.45, 2.75) is 121 Å². The quantitative estimate of drug-likeness (QED) is 0.155. The van der Waals surface area contributed by atoms with Crippen LogP contribution in [0, 0.1) is 11.8 Å². The van der Waals surface area contributed by atoms with Crippen molar-refractivity contribution in [2.24, 2.45) is 25.9 Å². The first kappa shape index (κ1) is 35.9. The minimum absolute atomic E-state index is 0.0107. The highest BCUT2D eigenvalue weighted by atomic mass is 16.5. The number of carbonyl (C=O) groups is 4. The van der Waals surface area contributed by atoms with E-state index in [9.17, 15) is 24.3 Å². The number of esters is 3. The summed E-state index contributed by atoms with van der Waals surface area (Å²) in [6, 6.07) is 0. The number of carbonyl (C=O) groups excluding carboxylic acids is 4. The van der Waals surface area contributed by atoms with E-state index < -0.39 is 11.7 Å². The largest absolute Gasteiger partial charge is 0.502 e. The number of ketones is 1. The lowest BCUT2D eigenvalue weighted by Crippen LogP contribution is -2.36. The van der Waals surface area contributed by atoms with Crippen LogP contribution in [0.15, 0.2) is 11.3 Å². The van der Waals surface area contributed by atoms with Crippen molar-refractivity contribution in [2.75, 3.05) is 19.8 Å². The first-order chi connectivity index (χ1) is 24.1. The van der Waals surface area contributed by atoms with E-state index in [1.807, 2.05) is 32.6 Å². The monoisotopic (exact) mass is 692 g/mol. The summed E-state index contributed by atoms with van der Waals surface area (Å²) in [7, 11) is 3.80. The molecule has 0 radical (unpaired) electrons. The lowest BCUT2D eigenvalue weighted by atomic mass is 9.66. The van der Waals surface area contributed by atoms with E-state index in [0.717, 1.165) is 31.4 Å². The molecule has 5 fully saturated rings. The number of fused-ring (bicyclic) bond motifs is 7. The Hall–Kier alpha value is -3.96. The van der Waals surface area contributed by atoms with Gasteiger partial charge >= 0.3 is 17.9 Å². The first-order valence-corrected chi connectivity index (χ1v) is 18.7. The number of aliphatic hydroxyl groups is 1. The Labute approximate surface area is 293 Å². The molecule has 5 saturated carbocycles. The second-order valence-electron chi connectivity index (χ2n) is 14.5. The van der Waals surface area contributed by atoms with Crippen molar-refractivity contribution in [1.29, 1.82) is 0 Å². The molecule has 0 atom stereocenters. The summed E-state index contributed by atoms with van der Waals surface area (Å²) in [5.41, 5.74) is 6.41. The molecule has 50 heavy (non-hydrogen) atoms. The van der Waals surface area contributed by atoms with Crippen LogP contribution in [-0.2, 0) is 37.9 Å². The van der Waals surface area contributed by atoms with Gasteiger partial charge in [-0.2, -0.15) is 10.2 Å². The third kappa shape index (κ3) is 6.62. The third-order valence-corrected chi connectivity index (χ3v) is 11.7. The number of aryl methyl sites for hydroxylation is 2. The number of allylic oxidation sites excluding steroid dienone is 1. The lowest BCUT2D eigenvalue weighted by Gasteiger charge is -2.36.